The number of hydrogen-bond acceptors (Lipinski definition) is 3. The second-order valence-electron chi connectivity index (χ2n) is 2.91. The fourth-order valence-electron chi connectivity index (χ4n) is 1.26. The fourth-order valence-corrected chi connectivity index (χ4v) is 2.17. The second-order valence-corrected chi connectivity index (χ2v) is 4.20. The first-order chi connectivity index (χ1) is 6.59. The molecule has 1 aromatic heterocycles. The van der Waals surface area contributed by atoms with E-state index in [1.165, 1.54) is 6.20 Å². The topological polar surface area (TPSA) is 64.9 Å². The lowest BCUT2D eigenvalue weighted by molar-refractivity contribution is 1.40. The van der Waals surface area contributed by atoms with Crippen molar-refractivity contribution in [1.29, 1.82) is 0 Å². The molecule has 1 heterocycles. The second kappa shape index (κ2) is 3.29. The Balaban J connectivity index is 2.95. The van der Waals surface area contributed by atoms with Gasteiger partial charge in [-0.1, -0.05) is 11.6 Å². The molecule has 0 saturated carbocycles. The van der Waals surface area contributed by atoms with Crippen LogP contribution in [0.2, 0.25) is 5.02 Å². The Morgan fingerprint density at radius 2 is 2.00 bits per heavy atom. The van der Waals surface area contributed by atoms with Gasteiger partial charge in [-0.05, 0) is 28.1 Å². The largest absolute Gasteiger partial charge is 0.396 e. The SMILES string of the molecule is Nc1cnc2c(Br)cc(Cl)cc2c1N. The third kappa shape index (κ3) is 1.40. The average Bonchev–Trinajstić information content (AvgIpc) is 2.12. The summed E-state index contributed by atoms with van der Waals surface area (Å²) < 4.78 is 0.812. The lowest BCUT2D eigenvalue weighted by Gasteiger charge is -2.06. The number of rotatable bonds is 0. The molecular weight excluding hydrogens is 265 g/mol. The standard InChI is InChI=1S/C9H7BrClN3/c10-6-2-4(11)1-5-8(13)7(12)3-14-9(5)6/h1-3H,12H2,(H2,13,14). The Bertz CT molecular complexity index is 513. The van der Waals surface area contributed by atoms with Crippen molar-refractivity contribution < 1.29 is 0 Å². The van der Waals surface area contributed by atoms with Crippen LogP contribution in [0.15, 0.2) is 22.8 Å². The number of aromatic nitrogens is 1. The van der Waals surface area contributed by atoms with Gasteiger partial charge < -0.3 is 11.5 Å². The predicted octanol–water partition coefficient (Wildman–Crippen LogP) is 2.82. The molecule has 0 aliphatic carbocycles. The van der Waals surface area contributed by atoms with Crippen LogP contribution in [0.5, 0.6) is 0 Å². The van der Waals surface area contributed by atoms with E-state index in [4.69, 9.17) is 23.1 Å². The Morgan fingerprint density at radius 3 is 2.71 bits per heavy atom. The number of nitrogens with zero attached hydrogens (tertiary/aromatic N) is 1. The van der Waals surface area contributed by atoms with Crippen LogP contribution >= 0.6 is 27.5 Å². The summed E-state index contributed by atoms with van der Waals surface area (Å²) >= 11 is 9.26. The van der Waals surface area contributed by atoms with E-state index in [2.05, 4.69) is 20.9 Å². The summed E-state index contributed by atoms with van der Waals surface area (Å²) in [5.41, 5.74) is 13.2. The first-order valence-corrected chi connectivity index (χ1v) is 5.05. The van der Waals surface area contributed by atoms with Gasteiger partial charge >= 0.3 is 0 Å². The Morgan fingerprint density at radius 1 is 1.29 bits per heavy atom. The van der Waals surface area contributed by atoms with Crippen molar-refractivity contribution in [2.24, 2.45) is 0 Å². The molecule has 0 saturated heterocycles. The van der Waals surface area contributed by atoms with Gasteiger partial charge in [0.1, 0.15) is 0 Å². The molecule has 0 fully saturated rings. The monoisotopic (exact) mass is 271 g/mol. The van der Waals surface area contributed by atoms with Crippen molar-refractivity contribution in [2.45, 2.75) is 0 Å². The summed E-state index contributed by atoms with van der Waals surface area (Å²) in [5.74, 6) is 0. The summed E-state index contributed by atoms with van der Waals surface area (Å²) in [7, 11) is 0. The maximum absolute atomic E-state index is 5.89. The first kappa shape index (κ1) is 9.55. The highest BCUT2D eigenvalue weighted by Crippen LogP contribution is 2.32. The third-order valence-corrected chi connectivity index (χ3v) is 2.78. The molecule has 5 heteroatoms. The zero-order valence-electron chi connectivity index (χ0n) is 7.09. The molecule has 2 rings (SSSR count). The van der Waals surface area contributed by atoms with E-state index < -0.39 is 0 Å². The lowest BCUT2D eigenvalue weighted by Crippen LogP contribution is -1.97. The Labute approximate surface area is 94.2 Å². The molecule has 0 unspecified atom stereocenters. The average molecular weight is 273 g/mol. The number of nitrogen functional groups attached to an aromatic ring is 2. The molecule has 0 amide bonds. The molecule has 72 valence electrons. The van der Waals surface area contributed by atoms with Gasteiger partial charge in [0.2, 0.25) is 0 Å². The number of halogens is 2. The van der Waals surface area contributed by atoms with Crippen molar-refractivity contribution in [3.63, 3.8) is 0 Å². The van der Waals surface area contributed by atoms with Gasteiger partial charge in [0, 0.05) is 14.9 Å². The van der Waals surface area contributed by atoms with Crippen LogP contribution in [0.1, 0.15) is 0 Å². The molecule has 2 aromatic rings. The highest BCUT2D eigenvalue weighted by molar-refractivity contribution is 9.10. The number of nitrogens with two attached hydrogens (primary N) is 2. The highest BCUT2D eigenvalue weighted by atomic mass is 79.9. The summed E-state index contributed by atoms with van der Waals surface area (Å²) in [5, 5.41) is 1.37. The summed E-state index contributed by atoms with van der Waals surface area (Å²) in [6, 6.07) is 3.52. The maximum Gasteiger partial charge on any atom is 0.0867 e. The zero-order chi connectivity index (χ0) is 10.3. The van der Waals surface area contributed by atoms with Gasteiger partial charge in [0.15, 0.2) is 0 Å². The number of benzene rings is 1. The fraction of sp³-hybridized carbons (Fsp3) is 0. The minimum atomic E-state index is 0.465. The minimum absolute atomic E-state index is 0.465. The molecule has 0 spiro atoms. The smallest absolute Gasteiger partial charge is 0.0867 e. The van der Waals surface area contributed by atoms with E-state index in [1.807, 2.05) is 0 Å². The third-order valence-electron chi connectivity index (χ3n) is 1.96. The normalized spacial score (nSPS) is 10.7. The molecule has 0 aliphatic heterocycles. The van der Waals surface area contributed by atoms with E-state index >= 15 is 0 Å². The van der Waals surface area contributed by atoms with Crippen LogP contribution in [-0.4, -0.2) is 4.98 Å². The van der Waals surface area contributed by atoms with Crippen LogP contribution in [0.4, 0.5) is 11.4 Å². The van der Waals surface area contributed by atoms with E-state index in [0.29, 0.717) is 16.4 Å². The van der Waals surface area contributed by atoms with E-state index in [-0.39, 0.29) is 0 Å². The van der Waals surface area contributed by atoms with E-state index in [0.717, 1.165) is 15.4 Å². The molecule has 14 heavy (non-hydrogen) atoms. The van der Waals surface area contributed by atoms with Crippen LogP contribution in [0, 0.1) is 0 Å². The van der Waals surface area contributed by atoms with E-state index in [1.54, 1.807) is 12.1 Å². The van der Waals surface area contributed by atoms with Gasteiger partial charge in [-0.25, -0.2) is 0 Å². The summed E-state index contributed by atoms with van der Waals surface area (Å²) in [6.07, 6.45) is 1.54. The summed E-state index contributed by atoms with van der Waals surface area (Å²) in [6.45, 7) is 0. The van der Waals surface area contributed by atoms with Crippen molar-refractivity contribution in [3.8, 4) is 0 Å². The Hall–Kier alpha value is -1.00. The van der Waals surface area contributed by atoms with Gasteiger partial charge in [0.05, 0.1) is 23.1 Å². The van der Waals surface area contributed by atoms with Gasteiger partial charge in [-0.3, -0.25) is 4.98 Å². The predicted molar refractivity (Wildman–Crippen MR) is 63.3 cm³/mol. The van der Waals surface area contributed by atoms with Crippen molar-refractivity contribution in [2.75, 3.05) is 11.5 Å². The van der Waals surface area contributed by atoms with Crippen molar-refractivity contribution >= 4 is 49.8 Å². The molecule has 3 nitrogen and oxygen atoms in total. The molecular formula is C9H7BrClN3. The first-order valence-electron chi connectivity index (χ1n) is 3.88. The van der Waals surface area contributed by atoms with Crippen LogP contribution in [-0.2, 0) is 0 Å². The van der Waals surface area contributed by atoms with E-state index in [9.17, 15) is 0 Å². The zero-order valence-corrected chi connectivity index (χ0v) is 9.43. The molecule has 0 bridgehead atoms. The molecule has 0 aliphatic rings. The van der Waals surface area contributed by atoms with Gasteiger partial charge in [0.25, 0.3) is 0 Å². The number of anilines is 2. The highest BCUT2D eigenvalue weighted by Gasteiger charge is 2.07. The maximum atomic E-state index is 5.89. The quantitative estimate of drug-likeness (QED) is 0.775. The number of fused-ring (bicyclic) bond motifs is 1. The van der Waals surface area contributed by atoms with Gasteiger partial charge in [-0.15, -0.1) is 0 Å². The lowest BCUT2D eigenvalue weighted by atomic mass is 10.2. The Kier molecular flexibility index (Phi) is 2.25. The van der Waals surface area contributed by atoms with Crippen molar-refractivity contribution in [1.82, 2.24) is 4.98 Å². The molecule has 0 atom stereocenters. The molecule has 0 radical (unpaired) electrons. The molecule has 1 aromatic carbocycles. The minimum Gasteiger partial charge on any atom is -0.396 e. The van der Waals surface area contributed by atoms with Gasteiger partial charge in [-0.2, -0.15) is 0 Å². The van der Waals surface area contributed by atoms with Crippen molar-refractivity contribution in [3.05, 3.63) is 27.8 Å². The molecule has 4 N–H and O–H groups in total. The number of pyridine rings is 1. The number of hydrogen-bond donors (Lipinski definition) is 2. The summed E-state index contributed by atoms with van der Waals surface area (Å²) in [4.78, 5) is 4.17. The van der Waals surface area contributed by atoms with Crippen LogP contribution < -0.4 is 11.5 Å². The van der Waals surface area contributed by atoms with Crippen LogP contribution in [0.3, 0.4) is 0 Å². The van der Waals surface area contributed by atoms with Crippen LogP contribution in [0.25, 0.3) is 10.9 Å².